The lowest BCUT2D eigenvalue weighted by molar-refractivity contribution is 0.0946. The summed E-state index contributed by atoms with van der Waals surface area (Å²) >= 11 is 0. The van der Waals surface area contributed by atoms with Gasteiger partial charge in [0.05, 0.1) is 17.6 Å². The van der Waals surface area contributed by atoms with Gasteiger partial charge in [-0.25, -0.2) is 12.8 Å². The van der Waals surface area contributed by atoms with Crippen LogP contribution in [0.2, 0.25) is 0 Å². The zero-order chi connectivity index (χ0) is 21.0. The predicted molar refractivity (Wildman–Crippen MR) is 108 cm³/mol. The molecule has 156 valence electrons. The van der Waals surface area contributed by atoms with Crippen LogP contribution in [0.25, 0.3) is 0 Å². The van der Waals surface area contributed by atoms with Crippen LogP contribution in [0, 0.1) is 11.7 Å². The number of benzene rings is 2. The molecule has 1 heterocycles. The maximum absolute atomic E-state index is 14.3. The third-order valence-corrected chi connectivity index (χ3v) is 6.93. The van der Waals surface area contributed by atoms with Gasteiger partial charge in [-0.15, -0.1) is 0 Å². The molecular formula is C21H25FN2O4S. The van der Waals surface area contributed by atoms with Gasteiger partial charge in [0.2, 0.25) is 10.0 Å². The lowest BCUT2D eigenvalue weighted by Gasteiger charge is -2.30. The highest BCUT2D eigenvalue weighted by Crippen LogP contribution is 2.25. The smallest absolute Gasteiger partial charge is 0.254 e. The number of nitrogens with one attached hydrogen (secondary N) is 1. The second-order valence-corrected chi connectivity index (χ2v) is 9.18. The molecule has 1 atom stereocenters. The third-order valence-electron chi connectivity index (χ3n) is 5.07. The topological polar surface area (TPSA) is 75.7 Å². The number of para-hydroxylation sites is 1. The molecule has 0 radical (unpaired) electrons. The lowest BCUT2D eigenvalue weighted by atomic mass is 10.0. The Kier molecular flexibility index (Phi) is 6.54. The molecule has 6 nitrogen and oxygen atoms in total. The van der Waals surface area contributed by atoms with Crippen molar-refractivity contribution in [2.75, 3.05) is 20.2 Å². The minimum Gasteiger partial charge on any atom is -0.496 e. The number of hydrogen-bond acceptors (Lipinski definition) is 4. The van der Waals surface area contributed by atoms with Crippen LogP contribution in [0.4, 0.5) is 4.39 Å². The van der Waals surface area contributed by atoms with Gasteiger partial charge >= 0.3 is 0 Å². The monoisotopic (exact) mass is 420 g/mol. The number of hydrogen-bond donors (Lipinski definition) is 1. The van der Waals surface area contributed by atoms with E-state index in [1.807, 2.05) is 6.92 Å². The highest BCUT2D eigenvalue weighted by Gasteiger charge is 2.29. The quantitative estimate of drug-likeness (QED) is 0.779. The Morgan fingerprint density at radius 2 is 2.03 bits per heavy atom. The fraction of sp³-hybridized carbons (Fsp3) is 0.381. The molecule has 29 heavy (non-hydrogen) atoms. The van der Waals surface area contributed by atoms with Gasteiger partial charge in [0.25, 0.3) is 5.91 Å². The normalized spacial score (nSPS) is 17.7. The van der Waals surface area contributed by atoms with Crippen LogP contribution in [-0.4, -0.2) is 38.8 Å². The van der Waals surface area contributed by atoms with Crippen molar-refractivity contribution < 1.29 is 22.3 Å². The summed E-state index contributed by atoms with van der Waals surface area (Å²) in [5.74, 6) is -0.586. The van der Waals surface area contributed by atoms with Crippen molar-refractivity contribution in [1.82, 2.24) is 9.62 Å². The standard InChI is InChI=1S/C21H25FN2O4S/c1-15-6-5-11-24(14-15)29(26,27)17-9-10-19(22)18(12-17)21(25)23-13-16-7-3-4-8-20(16)28-2/h3-4,7-10,12,15H,5-6,11,13-14H2,1-2H3,(H,23,25). The van der Waals surface area contributed by atoms with E-state index in [2.05, 4.69) is 5.32 Å². The lowest BCUT2D eigenvalue weighted by Crippen LogP contribution is -2.39. The number of carbonyl (C=O) groups excluding carboxylic acids is 1. The van der Waals surface area contributed by atoms with Crippen LogP contribution in [0.3, 0.4) is 0 Å². The van der Waals surface area contributed by atoms with E-state index in [9.17, 15) is 17.6 Å². The van der Waals surface area contributed by atoms with Crippen molar-refractivity contribution in [2.45, 2.75) is 31.2 Å². The molecule has 1 aliphatic rings. The number of nitrogens with zero attached hydrogens (tertiary/aromatic N) is 1. The van der Waals surface area contributed by atoms with E-state index in [0.29, 0.717) is 18.8 Å². The first kappa shape index (κ1) is 21.3. The average Bonchev–Trinajstić information content (AvgIpc) is 2.72. The van der Waals surface area contributed by atoms with E-state index in [1.165, 1.54) is 17.5 Å². The van der Waals surface area contributed by atoms with Gasteiger partial charge < -0.3 is 10.1 Å². The Balaban J connectivity index is 1.80. The minimum atomic E-state index is -3.78. The van der Waals surface area contributed by atoms with Gasteiger partial charge in [-0.3, -0.25) is 4.79 Å². The first-order valence-corrected chi connectivity index (χ1v) is 11.0. The van der Waals surface area contributed by atoms with E-state index in [1.54, 1.807) is 24.3 Å². The van der Waals surface area contributed by atoms with Crippen LogP contribution in [0.1, 0.15) is 35.7 Å². The fourth-order valence-electron chi connectivity index (χ4n) is 3.47. The molecule has 1 N–H and O–H groups in total. The molecule has 1 unspecified atom stereocenters. The summed E-state index contributed by atoms with van der Waals surface area (Å²) in [7, 11) is -2.25. The molecule has 3 rings (SSSR count). The first-order valence-electron chi connectivity index (χ1n) is 9.52. The zero-order valence-corrected chi connectivity index (χ0v) is 17.3. The molecule has 0 aliphatic carbocycles. The molecule has 0 spiro atoms. The molecular weight excluding hydrogens is 395 g/mol. The Labute approximate surface area is 170 Å². The molecule has 1 fully saturated rings. The summed E-state index contributed by atoms with van der Waals surface area (Å²) in [6.45, 7) is 2.99. The van der Waals surface area contributed by atoms with Gasteiger partial charge in [0, 0.05) is 25.2 Å². The summed E-state index contributed by atoms with van der Waals surface area (Å²) < 4.78 is 46.8. The summed E-state index contributed by atoms with van der Waals surface area (Å²) in [4.78, 5) is 12.5. The van der Waals surface area contributed by atoms with E-state index in [-0.39, 0.29) is 22.9 Å². The Morgan fingerprint density at radius 3 is 2.76 bits per heavy atom. The van der Waals surface area contributed by atoms with Crippen molar-refractivity contribution in [2.24, 2.45) is 5.92 Å². The fourth-order valence-corrected chi connectivity index (χ4v) is 5.10. The number of halogens is 1. The maximum Gasteiger partial charge on any atom is 0.254 e. The number of ether oxygens (including phenoxy) is 1. The summed E-state index contributed by atoms with van der Waals surface area (Å²) in [6.07, 6.45) is 1.76. The van der Waals surface area contributed by atoms with E-state index >= 15 is 0 Å². The molecule has 2 aromatic carbocycles. The van der Waals surface area contributed by atoms with E-state index in [4.69, 9.17) is 4.74 Å². The Morgan fingerprint density at radius 1 is 1.28 bits per heavy atom. The molecule has 0 aromatic heterocycles. The van der Waals surface area contributed by atoms with Gasteiger partial charge in [-0.2, -0.15) is 4.31 Å². The van der Waals surface area contributed by atoms with Crippen LogP contribution in [0.15, 0.2) is 47.4 Å². The molecule has 1 aliphatic heterocycles. The summed E-state index contributed by atoms with van der Waals surface area (Å²) in [5.41, 5.74) is 0.431. The second-order valence-electron chi connectivity index (χ2n) is 7.25. The highest BCUT2D eigenvalue weighted by atomic mass is 32.2. The SMILES string of the molecule is COc1ccccc1CNC(=O)c1cc(S(=O)(=O)N2CCCC(C)C2)ccc1F. The number of amides is 1. The number of methoxy groups -OCH3 is 1. The van der Waals surface area contributed by atoms with Crippen molar-refractivity contribution in [3.05, 3.63) is 59.4 Å². The van der Waals surface area contributed by atoms with Crippen molar-refractivity contribution in [3.63, 3.8) is 0 Å². The number of piperidine rings is 1. The van der Waals surface area contributed by atoms with Gasteiger partial charge in [-0.1, -0.05) is 25.1 Å². The average molecular weight is 421 g/mol. The molecule has 2 aromatic rings. The van der Waals surface area contributed by atoms with E-state index in [0.717, 1.165) is 30.5 Å². The minimum absolute atomic E-state index is 0.0737. The first-order chi connectivity index (χ1) is 13.8. The second kappa shape index (κ2) is 8.92. The zero-order valence-electron chi connectivity index (χ0n) is 16.5. The number of sulfonamides is 1. The maximum atomic E-state index is 14.3. The highest BCUT2D eigenvalue weighted by molar-refractivity contribution is 7.89. The van der Waals surface area contributed by atoms with Crippen molar-refractivity contribution in [1.29, 1.82) is 0 Å². The molecule has 0 bridgehead atoms. The Hall–Kier alpha value is -2.45. The third kappa shape index (κ3) is 4.76. The number of carbonyl (C=O) groups is 1. The van der Waals surface area contributed by atoms with Gasteiger partial charge in [0.15, 0.2) is 0 Å². The molecule has 8 heteroatoms. The van der Waals surface area contributed by atoms with Crippen LogP contribution < -0.4 is 10.1 Å². The predicted octanol–water partition coefficient (Wildman–Crippen LogP) is 3.18. The van der Waals surface area contributed by atoms with E-state index < -0.39 is 21.7 Å². The Bertz CT molecular complexity index is 994. The summed E-state index contributed by atoms with van der Waals surface area (Å²) in [5, 5.41) is 2.63. The largest absolute Gasteiger partial charge is 0.496 e. The molecule has 0 saturated carbocycles. The molecule has 1 saturated heterocycles. The van der Waals surface area contributed by atoms with Gasteiger partial charge in [-0.05, 0) is 43.0 Å². The molecule has 1 amide bonds. The van der Waals surface area contributed by atoms with Crippen molar-refractivity contribution in [3.8, 4) is 5.75 Å². The van der Waals surface area contributed by atoms with Crippen LogP contribution >= 0.6 is 0 Å². The van der Waals surface area contributed by atoms with Crippen molar-refractivity contribution >= 4 is 15.9 Å². The number of rotatable bonds is 6. The summed E-state index contributed by atoms with van der Waals surface area (Å²) in [6, 6.07) is 10.5. The van der Waals surface area contributed by atoms with Crippen LogP contribution in [-0.2, 0) is 16.6 Å². The van der Waals surface area contributed by atoms with Crippen LogP contribution in [0.5, 0.6) is 5.75 Å². The van der Waals surface area contributed by atoms with Gasteiger partial charge in [0.1, 0.15) is 11.6 Å².